The fourth-order valence-corrected chi connectivity index (χ4v) is 3.13. The van der Waals surface area contributed by atoms with Crippen LogP contribution >= 0.6 is 0 Å². The predicted octanol–water partition coefficient (Wildman–Crippen LogP) is 2.80. The number of aromatic nitrogens is 1. The van der Waals surface area contributed by atoms with Crippen LogP contribution in [0.3, 0.4) is 0 Å². The quantitative estimate of drug-likeness (QED) is 0.939. The van der Waals surface area contributed by atoms with Gasteiger partial charge in [0.25, 0.3) is 5.91 Å². The molecule has 1 aliphatic heterocycles. The number of anilines is 1. The van der Waals surface area contributed by atoms with Crippen molar-refractivity contribution in [2.24, 2.45) is 0 Å². The molecule has 5 heteroatoms. The van der Waals surface area contributed by atoms with E-state index in [9.17, 15) is 4.79 Å². The van der Waals surface area contributed by atoms with E-state index < -0.39 is 0 Å². The van der Waals surface area contributed by atoms with Crippen molar-refractivity contribution in [2.75, 3.05) is 25.1 Å². The van der Waals surface area contributed by atoms with Gasteiger partial charge in [-0.1, -0.05) is 6.07 Å². The first-order valence-corrected chi connectivity index (χ1v) is 8.28. The second kappa shape index (κ2) is 7.34. The van der Waals surface area contributed by atoms with Crippen LogP contribution in [-0.4, -0.2) is 37.1 Å². The van der Waals surface area contributed by atoms with E-state index in [1.165, 1.54) is 0 Å². The van der Waals surface area contributed by atoms with Crippen molar-refractivity contribution in [1.29, 1.82) is 0 Å². The van der Waals surface area contributed by atoms with E-state index in [1.807, 2.05) is 25.1 Å². The molecule has 5 nitrogen and oxygen atoms in total. The van der Waals surface area contributed by atoms with E-state index in [1.54, 1.807) is 25.6 Å². The van der Waals surface area contributed by atoms with Crippen LogP contribution in [0.4, 0.5) is 5.69 Å². The number of aryl methyl sites for hydroxylation is 1. The molecule has 2 heterocycles. The monoisotopic (exact) mass is 325 g/mol. The van der Waals surface area contributed by atoms with E-state index in [4.69, 9.17) is 4.74 Å². The first-order valence-electron chi connectivity index (χ1n) is 8.28. The summed E-state index contributed by atoms with van der Waals surface area (Å²) in [6.45, 7) is 3.71. The number of amides is 1. The minimum absolute atomic E-state index is 0.0209. The van der Waals surface area contributed by atoms with Crippen LogP contribution < -0.4 is 15.0 Å². The highest BCUT2D eigenvalue weighted by Gasteiger charge is 2.22. The van der Waals surface area contributed by atoms with E-state index in [0.29, 0.717) is 5.56 Å². The molecule has 1 atom stereocenters. The van der Waals surface area contributed by atoms with Gasteiger partial charge in [-0.25, -0.2) is 0 Å². The molecule has 1 amide bonds. The van der Waals surface area contributed by atoms with Crippen molar-refractivity contribution in [1.82, 2.24) is 10.3 Å². The Kier molecular flexibility index (Phi) is 4.99. The molecule has 0 saturated carbocycles. The highest BCUT2D eigenvalue weighted by Crippen LogP contribution is 2.24. The Hall–Kier alpha value is -2.56. The van der Waals surface area contributed by atoms with Gasteiger partial charge < -0.3 is 15.0 Å². The number of methoxy groups -OCH3 is 1. The lowest BCUT2D eigenvalue weighted by molar-refractivity contribution is 0.0932. The number of nitrogens with one attached hydrogen (secondary N) is 1. The number of ether oxygens (including phenoxy) is 1. The van der Waals surface area contributed by atoms with Crippen LogP contribution in [0.5, 0.6) is 5.75 Å². The van der Waals surface area contributed by atoms with Gasteiger partial charge in [-0.05, 0) is 43.5 Å². The fraction of sp³-hybridized carbons (Fsp3) is 0.368. The average molecular weight is 325 g/mol. The summed E-state index contributed by atoms with van der Waals surface area (Å²) >= 11 is 0. The maximum absolute atomic E-state index is 12.5. The highest BCUT2D eigenvalue weighted by atomic mass is 16.5. The number of carbonyl (C=O) groups is 1. The van der Waals surface area contributed by atoms with Crippen molar-refractivity contribution in [3.8, 4) is 5.75 Å². The van der Waals surface area contributed by atoms with Gasteiger partial charge in [0.1, 0.15) is 5.75 Å². The topological polar surface area (TPSA) is 54.5 Å². The fourth-order valence-electron chi connectivity index (χ4n) is 3.13. The lowest BCUT2D eigenvalue weighted by Gasteiger charge is -2.35. The molecule has 1 aromatic heterocycles. The van der Waals surface area contributed by atoms with Gasteiger partial charge in [-0.2, -0.15) is 0 Å². The highest BCUT2D eigenvalue weighted by molar-refractivity contribution is 5.95. The maximum Gasteiger partial charge on any atom is 0.251 e. The Balaban J connectivity index is 1.67. The van der Waals surface area contributed by atoms with Crippen LogP contribution in [-0.2, 0) is 0 Å². The van der Waals surface area contributed by atoms with Gasteiger partial charge in [-0.15, -0.1) is 0 Å². The second-order valence-corrected chi connectivity index (χ2v) is 6.15. The lowest BCUT2D eigenvalue weighted by Crippen LogP contribution is -2.48. The Morgan fingerprint density at radius 1 is 1.38 bits per heavy atom. The molecule has 1 N–H and O–H groups in total. The summed E-state index contributed by atoms with van der Waals surface area (Å²) in [4.78, 5) is 18.8. The first-order chi connectivity index (χ1) is 11.7. The number of nitrogens with zero attached hydrogens (tertiary/aromatic N) is 2. The number of pyridine rings is 1. The number of hydrogen-bond donors (Lipinski definition) is 1. The smallest absolute Gasteiger partial charge is 0.251 e. The van der Waals surface area contributed by atoms with Gasteiger partial charge >= 0.3 is 0 Å². The number of rotatable bonds is 4. The van der Waals surface area contributed by atoms with Gasteiger partial charge in [0.2, 0.25) is 0 Å². The molecule has 1 fully saturated rings. The Bertz CT molecular complexity index is 717. The second-order valence-electron chi connectivity index (χ2n) is 6.15. The van der Waals surface area contributed by atoms with E-state index in [-0.39, 0.29) is 11.9 Å². The normalized spacial score (nSPS) is 17.4. The number of carbonyl (C=O) groups excluding carboxylic acids is 1. The zero-order valence-corrected chi connectivity index (χ0v) is 14.2. The Labute approximate surface area is 142 Å². The SMILES string of the molecule is COc1cccc(N2CCC[C@H](NC(=O)c3ccncc3C)C2)c1. The van der Waals surface area contributed by atoms with E-state index in [0.717, 1.165) is 42.9 Å². The maximum atomic E-state index is 12.5. The van der Waals surface area contributed by atoms with E-state index >= 15 is 0 Å². The summed E-state index contributed by atoms with van der Waals surface area (Å²) in [7, 11) is 1.68. The van der Waals surface area contributed by atoms with Crippen molar-refractivity contribution in [2.45, 2.75) is 25.8 Å². The zero-order chi connectivity index (χ0) is 16.9. The zero-order valence-electron chi connectivity index (χ0n) is 14.2. The molecule has 1 aromatic carbocycles. The number of hydrogen-bond acceptors (Lipinski definition) is 4. The molecule has 0 aliphatic carbocycles. The van der Waals surface area contributed by atoms with Crippen molar-refractivity contribution in [3.63, 3.8) is 0 Å². The number of benzene rings is 1. The molecule has 2 aromatic rings. The average Bonchev–Trinajstić information content (AvgIpc) is 2.62. The Morgan fingerprint density at radius 2 is 2.25 bits per heavy atom. The van der Waals surface area contributed by atoms with Crippen LogP contribution in [0.25, 0.3) is 0 Å². The third-order valence-corrected chi connectivity index (χ3v) is 4.44. The van der Waals surface area contributed by atoms with Crippen molar-refractivity contribution < 1.29 is 9.53 Å². The molecule has 1 aliphatic rings. The summed E-state index contributed by atoms with van der Waals surface area (Å²) in [5.41, 5.74) is 2.73. The molecule has 3 rings (SSSR count). The molecular formula is C19H23N3O2. The summed E-state index contributed by atoms with van der Waals surface area (Å²) in [5.74, 6) is 0.832. The summed E-state index contributed by atoms with van der Waals surface area (Å²) < 4.78 is 5.31. The first kappa shape index (κ1) is 16.3. The summed E-state index contributed by atoms with van der Waals surface area (Å²) in [5, 5.41) is 3.16. The van der Waals surface area contributed by atoms with Gasteiger partial charge in [0.15, 0.2) is 0 Å². The van der Waals surface area contributed by atoms with Crippen molar-refractivity contribution >= 4 is 11.6 Å². The molecule has 1 saturated heterocycles. The number of piperidine rings is 1. The molecule has 0 unspecified atom stereocenters. The van der Waals surface area contributed by atoms with Crippen LogP contribution in [0.15, 0.2) is 42.7 Å². The third-order valence-electron chi connectivity index (χ3n) is 4.44. The third kappa shape index (κ3) is 3.67. The standard InChI is InChI=1S/C19H23N3O2/c1-14-12-20-9-8-18(14)19(23)21-15-5-4-10-22(13-15)16-6-3-7-17(11-16)24-2/h3,6-9,11-12,15H,4-5,10,13H2,1-2H3,(H,21,23)/t15-/m0/s1. The molecule has 0 spiro atoms. The minimum atomic E-state index is -0.0209. The summed E-state index contributed by atoms with van der Waals surface area (Å²) in [6, 6.07) is 9.98. The molecule has 126 valence electrons. The van der Waals surface area contributed by atoms with Crippen molar-refractivity contribution in [3.05, 3.63) is 53.9 Å². The molecule has 24 heavy (non-hydrogen) atoms. The minimum Gasteiger partial charge on any atom is -0.497 e. The van der Waals surface area contributed by atoms with Gasteiger partial charge in [0.05, 0.1) is 7.11 Å². The van der Waals surface area contributed by atoms with Crippen LogP contribution in [0.1, 0.15) is 28.8 Å². The van der Waals surface area contributed by atoms with Gasteiger partial charge in [0, 0.05) is 48.8 Å². The van der Waals surface area contributed by atoms with Crippen LogP contribution in [0.2, 0.25) is 0 Å². The largest absolute Gasteiger partial charge is 0.497 e. The summed E-state index contributed by atoms with van der Waals surface area (Å²) in [6.07, 6.45) is 5.43. The lowest BCUT2D eigenvalue weighted by atomic mass is 10.0. The molecule has 0 bridgehead atoms. The van der Waals surface area contributed by atoms with Gasteiger partial charge in [-0.3, -0.25) is 9.78 Å². The van der Waals surface area contributed by atoms with Crippen LogP contribution in [0, 0.1) is 6.92 Å². The Morgan fingerprint density at radius 3 is 3.04 bits per heavy atom. The van der Waals surface area contributed by atoms with E-state index in [2.05, 4.69) is 21.3 Å². The molecule has 0 radical (unpaired) electrons. The molecular weight excluding hydrogens is 302 g/mol. The predicted molar refractivity (Wildman–Crippen MR) is 94.7 cm³/mol.